The van der Waals surface area contributed by atoms with Crippen LogP contribution in [0.4, 0.5) is 5.82 Å². The number of carboxylic acid groups (broad SMARTS) is 2. The molecule has 9 nitrogen and oxygen atoms in total. The van der Waals surface area contributed by atoms with Crippen LogP contribution in [0.15, 0.2) is 30.3 Å². The van der Waals surface area contributed by atoms with Crippen LogP contribution in [0, 0.1) is 6.92 Å². The standard InChI is InChI=1S/C21H22N4O5S/c1-3-14-8-15-18(23-11(2)24-20(15)31-14)22-10-12-4-6-13(7-5-12)19(28)25-16(21(29)30)9-17(26)27/h4-8,16H,3,9-10H2,1-2H3,(H,25,28)(H,26,27)(H,29,30)(H,22,23,24). The number of carboxylic acids is 2. The summed E-state index contributed by atoms with van der Waals surface area (Å²) < 4.78 is 0. The smallest absolute Gasteiger partial charge is 0.326 e. The summed E-state index contributed by atoms with van der Waals surface area (Å²) in [7, 11) is 0. The zero-order chi connectivity index (χ0) is 22.5. The quantitative estimate of drug-likeness (QED) is 0.396. The van der Waals surface area contributed by atoms with Gasteiger partial charge in [0.1, 0.15) is 22.5 Å². The summed E-state index contributed by atoms with van der Waals surface area (Å²) >= 11 is 1.65. The highest BCUT2D eigenvalue weighted by Crippen LogP contribution is 2.29. The second-order valence-corrected chi connectivity index (χ2v) is 8.03. The molecule has 31 heavy (non-hydrogen) atoms. The van der Waals surface area contributed by atoms with Crippen molar-refractivity contribution in [2.75, 3.05) is 5.32 Å². The van der Waals surface area contributed by atoms with Crippen molar-refractivity contribution in [2.24, 2.45) is 0 Å². The zero-order valence-corrected chi connectivity index (χ0v) is 17.8. The van der Waals surface area contributed by atoms with Crippen molar-refractivity contribution in [1.82, 2.24) is 15.3 Å². The Labute approximate surface area is 182 Å². The van der Waals surface area contributed by atoms with Gasteiger partial charge in [-0.2, -0.15) is 0 Å². The number of aromatic nitrogens is 2. The Balaban J connectivity index is 1.68. The SMILES string of the molecule is CCc1cc2c(NCc3ccc(C(=O)NC(CC(=O)O)C(=O)O)cc3)nc(C)nc2s1. The summed E-state index contributed by atoms with van der Waals surface area (Å²) in [6.07, 6.45) is 0.233. The summed E-state index contributed by atoms with van der Waals surface area (Å²) in [5.41, 5.74) is 1.14. The molecule has 0 aliphatic carbocycles. The average molecular weight is 442 g/mol. The summed E-state index contributed by atoms with van der Waals surface area (Å²) in [6.45, 7) is 4.41. The molecule has 0 fully saturated rings. The molecule has 10 heteroatoms. The number of rotatable bonds is 9. The van der Waals surface area contributed by atoms with Crippen LogP contribution in [0.25, 0.3) is 10.2 Å². The van der Waals surface area contributed by atoms with Crippen molar-refractivity contribution in [3.8, 4) is 0 Å². The third-order valence-electron chi connectivity index (χ3n) is 4.56. The minimum Gasteiger partial charge on any atom is -0.481 e. The Hall–Kier alpha value is -3.53. The highest BCUT2D eigenvalue weighted by molar-refractivity contribution is 7.18. The number of aliphatic carboxylic acids is 2. The third-order valence-corrected chi connectivity index (χ3v) is 5.74. The fourth-order valence-corrected chi connectivity index (χ4v) is 3.98. The Morgan fingerprint density at radius 3 is 2.45 bits per heavy atom. The molecule has 1 atom stereocenters. The van der Waals surface area contributed by atoms with E-state index in [1.54, 1.807) is 35.6 Å². The van der Waals surface area contributed by atoms with Gasteiger partial charge in [-0.25, -0.2) is 14.8 Å². The van der Waals surface area contributed by atoms with Crippen molar-refractivity contribution in [2.45, 2.75) is 39.3 Å². The lowest BCUT2D eigenvalue weighted by Crippen LogP contribution is -2.42. The number of fused-ring (bicyclic) bond motifs is 1. The zero-order valence-electron chi connectivity index (χ0n) is 17.0. The van der Waals surface area contributed by atoms with Gasteiger partial charge in [-0.15, -0.1) is 11.3 Å². The van der Waals surface area contributed by atoms with Gasteiger partial charge in [0.2, 0.25) is 0 Å². The Kier molecular flexibility index (Phi) is 6.81. The van der Waals surface area contributed by atoms with Crippen molar-refractivity contribution in [3.63, 3.8) is 0 Å². The van der Waals surface area contributed by atoms with E-state index in [4.69, 9.17) is 10.2 Å². The van der Waals surface area contributed by atoms with Crippen LogP contribution < -0.4 is 10.6 Å². The second kappa shape index (κ2) is 9.52. The van der Waals surface area contributed by atoms with E-state index in [9.17, 15) is 14.4 Å². The number of aryl methyl sites for hydroxylation is 2. The average Bonchev–Trinajstić information content (AvgIpc) is 3.14. The van der Waals surface area contributed by atoms with Gasteiger partial charge in [-0.3, -0.25) is 9.59 Å². The highest BCUT2D eigenvalue weighted by Gasteiger charge is 2.23. The number of carbonyl (C=O) groups is 3. The Morgan fingerprint density at radius 1 is 1.13 bits per heavy atom. The molecule has 0 saturated heterocycles. The molecule has 3 aromatic rings. The minimum atomic E-state index is -1.49. The number of carbonyl (C=O) groups excluding carboxylic acids is 1. The summed E-state index contributed by atoms with van der Waals surface area (Å²) in [6, 6.07) is 7.20. The maximum atomic E-state index is 12.2. The number of thiophene rings is 1. The molecule has 0 saturated carbocycles. The summed E-state index contributed by atoms with van der Waals surface area (Å²) in [4.78, 5) is 45.3. The molecule has 4 N–H and O–H groups in total. The molecule has 1 unspecified atom stereocenters. The Morgan fingerprint density at radius 2 is 1.84 bits per heavy atom. The molecular weight excluding hydrogens is 420 g/mol. The van der Waals surface area contributed by atoms with E-state index in [2.05, 4.69) is 33.6 Å². The lowest BCUT2D eigenvalue weighted by Gasteiger charge is -2.13. The van der Waals surface area contributed by atoms with Gasteiger partial charge in [0.25, 0.3) is 5.91 Å². The Bertz CT molecular complexity index is 1130. The molecule has 0 spiro atoms. The lowest BCUT2D eigenvalue weighted by atomic mass is 10.1. The first-order valence-corrected chi connectivity index (χ1v) is 10.4. The van der Waals surface area contributed by atoms with E-state index in [-0.39, 0.29) is 5.56 Å². The summed E-state index contributed by atoms with van der Waals surface area (Å²) in [5.74, 6) is -1.92. The van der Waals surface area contributed by atoms with Crippen LogP contribution in [-0.2, 0) is 22.6 Å². The molecule has 0 bridgehead atoms. The fraction of sp³-hybridized carbons (Fsp3) is 0.286. The van der Waals surface area contributed by atoms with Crippen LogP contribution in [0.2, 0.25) is 0 Å². The van der Waals surface area contributed by atoms with E-state index < -0.39 is 30.3 Å². The third kappa shape index (κ3) is 5.54. The van der Waals surface area contributed by atoms with Crippen molar-refractivity contribution in [3.05, 3.63) is 52.2 Å². The summed E-state index contributed by atoms with van der Waals surface area (Å²) in [5, 5.41) is 24.3. The topological polar surface area (TPSA) is 142 Å². The van der Waals surface area contributed by atoms with E-state index in [1.165, 1.54) is 4.88 Å². The minimum absolute atomic E-state index is 0.242. The molecule has 3 rings (SSSR count). The molecule has 162 valence electrons. The maximum Gasteiger partial charge on any atom is 0.326 e. The first-order valence-electron chi connectivity index (χ1n) is 9.62. The van der Waals surface area contributed by atoms with Gasteiger partial charge in [0, 0.05) is 17.0 Å². The van der Waals surface area contributed by atoms with Gasteiger partial charge < -0.3 is 20.8 Å². The normalized spacial score (nSPS) is 11.8. The van der Waals surface area contributed by atoms with Gasteiger partial charge in [0.15, 0.2) is 0 Å². The number of benzene rings is 1. The predicted octanol–water partition coefficient (Wildman–Crippen LogP) is 2.83. The molecular formula is C21H22N4O5S. The van der Waals surface area contributed by atoms with E-state index in [0.29, 0.717) is 12.4 Å². The van der Waals surface area contributed by atoms with Crippen LogP contribution in [0.1, 0.15) is 40.0 Å². The lowest BCUT2D eigenvalue weighted by molar-refractivity contribution is -0.145. The molecule has 0 radical (unpaired) electrons. The predicted molar refractivity (Wildman–Crippen MR) is 116 cm³/mol. The number of hydrogen-bond acceptors (Lipinski definition) is 7. The van der Waals surface area contributed by atoms with Crippen LogP contribution in [-0.4, -0.2) is 44.1 Å². The van der Waals surface area contributed by atoms with Gasteiger partial charge in [-0.1, -0.05) is 19.1 Å². The van der Waals surface area contributed by atoms with Gasteiger partial charge >= 0.3 is 11.9 Å². The molecule has 1 aromatic carbocycles. The monoisotopic (exact) mass is 442 g/mol. The molecule has 2 aromatic heterocycles. The van der Waals surface area contributed by atoms with E-state index >= 15 is 0 Å². The molecule has 2 heterocycles. The van der Waals surface area contributed by atoms with E-state index in [1.807, 2.05) is 6.92 Å². The fourth-order valence-electron chi connectivity index (χ4n) is 2.96. The highest BCUT2D eigenvalue weighted by atomic mass is 32.1. The number of anilines is 1. The van der Waals surface area contributed by atoms with Crippen LogP contribution in [0.3, 0.4) is 0 Å². The number of hydrogen-bond donors (Lipinski definition) is 4. The van der Waals surface area contributed by atoms with E-state index in [0.717, 1.165) is 28.0 Å². The molecule has 0 aliphatic rings. The second-order valence-electron chi connectivity index (χ2n) is 6.92. The number of nitrogens with one attached hydrogen (secondary N) is 2. The first kappa shape index (κ1) is 22.2. The molecule has 1 amide bonds. The van der Waals surface area contributed by atoms with Gasteiger partial charge in [0.05, 0.1) is 11.8 Å². The van der Waals surface area contributed by atoms with Crippen LogP contribution >= 0.6 is 11.3 Å². The van der Waals surface area contributed by atoms with Crippen LogP contribution in [0.5, 0.6) is 0 Å². The molecule has 0 aliphatic heterocycles. The number of amides is 1. The van der Waals surface area contributed by atoms with Crippen molar-refractivity contribution in [1.29, 1.82) is 0 Å². The maximum absolute atomic E-state index is 12.2. The van der Waals surface area contributed by atoms with Crippen molar-refractivity contribution < 1.29 is 24.6 Å². The largest absolute Gasteiger partial charge is 0.481 e. The first-order chi connectivity index (χ1) is 14.8. The van der Waals surface area contributed by atoms with Gasteiger partial charge in [-0.05, 0) is 37.1 Å². The number of nitrogens with zero attached hydrogens (tertiary/aromatic N) is 2. The van der Waals surface area contributed by atoms with Crippen molar-refractivity contribution >= 4 is 45.2 Å².